The Morgan fingerprint density at radius 3 is 2.54 bits per heavy atom. The average Bonchev–Trinajstić information content (AvgIpc) is 2.29. The number of anilines is 1. The van der Waals surface area contributed by atoms with E-state index in [4.69, 9.17) is 5.73 Å². The van der Waals surface area contributed by atoms with E-state index in [1.807, 2.05) is 0 Å². The molecule has 1 aromatic heterocycles. The maximum atomic E-state index is 11.7. The fraction of sp³-hybridized carbons (Fsp3) is 0.500. The largest absolute Gasteiger partial charge is 0.472 e. The Kier molecular flexibility index (Phi) is 2.65. The minimum absolute atomic E-state index is 0.0230. The van der Waals surface area contributed by atoms with E-state index in [0.717, 1.165) is 11.5 Å². The van der Waals surface area contributed by atoms with Gasteiger partial charge in [-0.1, -0.05) is 0 Å². The lowest BCUT2D eigenvalue weighted by molar-refractivity contribution is -0.152. The molecule has 1 aromatic rings. The number of alkyl halides is 3. The van der Waals surface area contributed by atoms with Gasteiger partial charge in [0.2, 0.25) is 5.06 Å². The second kappa shape index (κ2) is 3.41. The topological polar surface area (TPSA) is 48.1 Å². The second-order valence-electron chi connectivity index (χ2n) is 2.37. The summed E-state index contributed by atoms with van der Waals surface area (Å²) in [5, 5.41) is 0.0230. The Balaban J connectivity index is 2.60. The van der Waals surface area contributed by atoms with Crippen LogP contribution in [0.25, 0.3) is 0 Å². The number of aryl methyl sites for hydroxylation is 1. The van der Waals surface area contributed by atoms with Crippen molar-refractivity contribution >= 4 is 17.2 Å². The summed E-state index contributed by atoms with van der Waals surface area (Å²) in [6.07, 6.45) is -4.34. The van der Waals surface area contributed by atoms with Crippen LogP contribution in [0.4, 0.5) is 18.9 Å². The zero-order valence-electron chi connectivity index (χ0n) is 6.68. The van der Waals surface area contributed by atoms with E-state index in [0.29, 0.717) is 5.69 Å². The van der Waals surface area contributed by atoms with Crippen LogP contribution in [0, 0.1) is 6.92 Å². The first-order chi connectivity index (χ1) is 5.90. The fourth-order valence-electron chi connectivity index (χ4n) is 0.607. The van der Waals surface area contributed by atoms with Gasteiger partial charge in [-0.05, 0) is 6.92 Å². The van der Waals surface area contributed by atoms with Crippen molar-refractivity contribution in [3.05, 3.63) is 5.69 Å². The monoisotopic (exact) mass is 212 g/mol. The number of nitrogens with two attached hydrogens (primary N) is 1. The van der Waals surface area contributed by atoms with Crippen molar-refractivity contribution in [2.75, 3.05) is 12.3 Å². The molecule has 0 bridgehead atoms. The van der Waals surface area contributed by atoms with Gasteiger partial charge < -0.3 is 10.5 Å². The van der Waals surface area contributed by atoms with Crippen molar-refractivity contribution in [2.45, 2.75) is 13.1 Å². The van der Waals surface area contributed by atoms with Crippen molar-refractivity contribution in [2.24, 2.45) is 0 Å². The number of nitrogens with zero attached hydrogens (tertiary/aromatic N) is 1. The van der Waals surface area contributed by atoms with Crippen LogP contribution in [0.5, 0.6) is 5.06 Å². The zero-order valence-corrected chi connectivity index (χ0v) is 7.50. The molecule has 0 unspecified atom stereocenters. The van der Waals surface area contributed by atoms with Gasteiger partial charge in [0, 0.05) is 11.5 Å². The number of rotatable bonds is 2. The zero-order chi connectivity index (χ0) is 10.1. The van der Waals surface area contributed by atoms with Crippen LogP contribution in [-0.4, -0.2) is 17.2 Å². The highest BCUT2D eigenvalue weighted by Crippen LogP contribution is 2.30. The van der Waals surface area contributed by atoms with Crippen molar-refractivity contribution in [3.8, 4) is 5.06 Å². The molecule has 0 spiro atoms. The Hall–Kier alpha value is -0.980. The molecule has 0 atom stereocenters. The number of halogens is 3. The second-order valence-corrected chi connectivity index (χ2v) is 3.11. The first kappa shape index (κ1) is 10.1. The molecule has 0 aromatic carbocycles. The summed E-state index contributed by atoms with van der Waals surface area (Å²) in [5.41, 5.74) is 6.05. The summed E-state index contributed by atoms with van der Waals surface area (Å²) in [6, 6.07) is 0. The molecule has 0 aliphatic carbocycles. The molecule has 0 aliphatic rings. The maximum Gasteiger partial charge on any atom is 0.422 e. The number of hydrogen-bond donors (Lipinski definition) is 1. The van der Waals surface area contributed by atoms with Gasteiger partial charge in [-0.25, -0.2) is 0 Å². The highest BCUT2D eigenvalue weighted by Gasteiger charge is 2.29. The first-order valence-corrected chi connectivity index (χ1v) is 4.09. The van der Waals surface area contributed by atoms with Gasteiger partial charge in [-0.3, -0.25) is 0 Å². The van der Waals surface area contributed by atoms with Crippen molar-refractivity contribution in [3.63, 3.8) is 0 Å². The molecule has 0 aliphatic heterocycles. The lowest BCUT2D eigenvalue weighted by Crippen LogP contribution is -2.19. The molecule has 13 heavy (non-hydrogen) atoms. The Morgan fingerprint density at radius 2 is 2.15 bits per heavy atom. The predicted octanol–water partition coefficient (Wildman–Crippen LogP) is 1.97. The fourth-order valence-corrected chi connectivity index (χ4v) is 1.28. The average molecular weight is 212 g/mol. The van der Waals surface area contributed by atoms with E-state index in [2.05, 4.69) is 9.11 Å². The van der Waals surface area contributed by atoms with E-state index in [1.54, 1.807) is 6.92 Å². The van der Waals surface area contributed by atoms with Crippen LogP contribution in [0.1, 0.15) is 5.69 Å². The molecule has 0 amide bonds. The molecule has 3 nitrogen and oxygen atoms in total. The molecule has 74 valence electrons. The summed E-state index contributed by atoms with van der Waals surface area (Å²) >= 11 is 0.820. The van der Waals surface area contributed by atoms with Gasteiger partial charge in [0.1, 0.15) is 5.69 Å². The summed E-state index contributed by atoms with van der Waals surface area (Å²) in [6.45, 7) is 0.269. The Bertz CT molecular complexity index is 297. The molecule has 0 saturated heterocycles. The minimum Gasteiger partial charge on any atom is -0.472 e. The van der Waals surface area contributed by atoms with Gasteiger partial charge in [0.25, 0.3) is 0 Å². The first-order valence-electron chi connectivity index (χ1n) is 3.31. The molecule has 7 heteroatoms. The molecule has 1 rings (SSSR count). The highest BCUT2D eigenvalue weighted by molar-refractivity contribution is 7.08. The third kappa shape index (κ3) is 2.76. The van der Waals surface area contributed by atoms with E-state index < -0.39 is 12.8 Å². The minimum atomic E-state index is -4.34. The van der Waals surface area contributed by atoms with Crippen LogP contribution < -0.4 is 10.5 Å². The molecule has 2 N–H and O–H groups in total. The number of aromatic nitrogens is 1. The van der Waals surface area contributed by atoms with E-state index in [1.165, 1.54) is 0 Å². The standard InChI is InChI=1S/C6H7F3N2OS/c1-3-4(10)5(13-11-3)12-2-6(7,8)9/h2,10H2,1H3. The van der Waals surface area contributed by atoms with Crippen molar-refractivity contribution in [1.29, 1.82) is 0 Å². The van der Waals surface area contributed by atoms with Gasteiger partial charge >= 0.3 is 6.18 Å². The normalized spacial score (nSPS) is 11.7. The number of nitrogen functional groups attached to an aromatic ring is 1. The van der Waals surface area contributed by atoms with E-state index in [9.17, 15) is 13.2 Å². The summed E-state index contributed by atoms with van der Waals surface area (Å²) < 4.78 is 43.3. The Labute approximate surface area is 76.5 Å². The van der Waals surface area contributed by atoms with Gasteiger partial charge in [-0.2, -0.15) is 17.5 Å². The quantitative estimate of drug-likeness (QED) is 0.815. The van der Waals surface area contributed by atoms with Crippen LogP contribution in [-0.2, 0) is 0 Å². The Morgan fingerprint density at radius 1 is 1.54 bits per heavy atom. The lowest BCUT2D eigenvalue weighted by atomic mass is 10.4. The highest BCUT2D eigenvalue weighted by atomic mass is 32.1. The molecular formula is C6H7F3N2OS. The van der Waals surface area contributed by atoms with Crippen LogP contribution >= 0.6 is 11.5 Å². The summed E-state index contributed by atoms with van der Waals surface area (Å²) in [4.78, 5) is 0. The summed E-state index contributed by atoms with van der Waals surface area (Å²) in [5.74, 6) is 0. The van der Waals surface area contributed by atoms with Crippen LogP contribution in [0.2, 0.25) is 0 Å². The molecule has 0 saturated carbocycles. The molecule has 1 heterocycles. The molecule has 0 fully saturated rings. The maximum absolute atomic E-state index is 11.7. The van der Waals surface area contributed by atoms with Crippen molar-refractivity contribution in [1.82, 2.24) is 4.37 Å². The summed E-state index contributed by atoms with van der Waals surface area (Å²) in [7, 11) is 0. The third-order valence-electron chi connectivity index (χ3n) is 1.24. The molecular weight excluding hydrogens is 205 g/mol. The van der Waals surface area contributed by atoms with Gasteiger partial charge in [0.15, 0.2) is 6.61 Å². The number of ether oxygens (including phenoxy) is 1. The molecule has 0 radical (unpaired) electrons. The number of hydrogen-bond acceptors (Lipinski definition) is 4. The SMILES string of the molecule is Cc1nsc(OCC(F)(F)F)c1N. The smallest absolute Gasteiger partial charge is 0.422 e. The predicted molar refractivity (Wildman–Crippen MR) is 42.8 cm³/mol. The van der Waals surface area contributed by atoms with Crippen LogP contribution in [0.3, 0.4) is 0 Å². The van der Waals surface area contributed by atoms with E-state index >= 15 is 0 Å². The van der Waals surface area contributed by atoms with Crippen molar-refractivity contribution < 1.29 is 17.9 Å². The van der Waals surface area contributed by atoms with Gasteiger partial charge in [0.05, 0.1) is 5.69 Å². The third-order valence-corrected chi connectivity index (χ3v) is 2.11. The van der Waals surface area contributed by atoms with Crippen LogP contribution in [0.15, 0.2) is 0 Å². The van der Waals surface area contributed by atoms with E-state index in [-0.39, 0.29) is 10.8 Å². The lowest BCUT2D eigenvalue weighted by Gasteiger charge is -2.06. The van der Waals surface area contributed by atoms with Gasteiger partial charge in [-0.15, -0.1) is 0 Å².